The summed E-state index contributed by atoms with van der Waals surface area (Å²) < 4.78 is 0. The Hall–Kier alpha value is -1.84. The lowest BCUT2D eigenvalue weighted by Crippen LogP contribution is -2.42. The molecule has 0 heterocycles. The van der Waals surface area contributed by atoms with Gasteiger partial charge >= 0.3 is 0 Å². The minimum Gasteiger partial charge on any atom is -0.343 e. The quantitative estimate of drug-likeness (QED) is 0.866. The van der Waals surface area contributed by atoms with Gasteiger partial charge in [0.05, 0.1) is 6.54 Å². The van der Waals surface area contributed by atoms with Crippen LogP contribution in [-0.2, 0) is 4.79 Å². The molecule has 0 spiro atoms. The van der Waals surface area contributed by atoms with Crippen molar-refractivity contribution in [2.75, 3.05) is 13.6 Å². The largest absolute Gasteiger partial charge is 0.343 e. The van der Waals surface area contributed by atoms with E-state index in [4.69, 9.17) is 0 Å². The van der Waals surface area contributed by atoms with Crippen molar-refractivity contribution in [3.63, 3.8) is 0 Å². The third-order valence-corrected chi connectivity index (χ3v) is 3.30. The van der Waals surface area contributed by atoms with Gasteiger partial charge < -0.3 is 10.2 Å². The molecule has 1 aromatic carbocycles. The molecule has 0 aliphatic heterocycles. The first-order valence-corrected chi connectivity index (χ1v) is 7.00. The van der Waals surface area contributed by atoms with Crippen molar-refractivity contribution in [1.29, 1.82) is 0 Å². The minimum atomic E-state index is -0.219. The zero-order valence-electron chi connectivity index (χ0n) is 12.7. The Labute approximate surface area is 121 Å². The van der Waals surface area contributed by atoms with Crippen molar-refractivity contribution in [1.82, 2.24) is 10.2 Å². The fourth-order valence-corrected chi connectivity index (χ4v) is 2.06. The first kappa shape index (κ1) is 16.2. The summed E-state index contributed by atoms with van der Waals surface area (Å²) in [4.78, 5) is 25.6. The van der Waals surface area contributed by atoms with E-state index < -0.39 is 0 Å². The molecule has 1 N–H and O–H groups in total. The standard InChI is InChI=1S/C16H24N2O2/c1-12(2)10-13(3)18(4)15(19)11-17-16(20)14-8-6-5-7-9-14/h5-9,12-13H,10-11H2,1-4H3,(H,17,20). The molecule has 2 amide bonds. The molecule has 20 heavy (non-hydrogen) atoms. The van der Waals surface area contributed by atoms with Gasteiger partial charge in [-0.3, -0.25) is 9.59 Å². The summed E-state index contributed by atoms with van der Waals surface area (Å²) >= 11 is 0. The maximum Gasteiger partial charge on any atom is 0.251 e. The van der Waals surface area contributed by atoms with Gasteiger partial charge in [-0.05, 0) is 31.4 Å². The number of carbonyl (C=O) groups is 2. The molecular weight excluding hydrogens is 252 g/mol. The van der Waals surface area contributed by atoms with Crippen LogP contribution in [0, 0.1) is 5.92 Å². The second-order valence-corrected chi connectivity index (χ2v) is 5.53. The molecule has 0 aliphatic rings. The highest BCUT2D eigenvalue weighted by atomic mass is 16.2. The predicted octanol–water partition coefficient (Wildman–Crippen LogP) is 2.31. The molecule has 4 nitrogen and oxygen atoms in total. The number of benzene rings is 1. The number of nitrogens with one attached hydrogen (secondary N) is 1. The normalized spacial score (nSPS) is 12.1. The smallest absolute Gasteiger partial charge is 0.251 e. The molecule has 4 heteroatoms. The lowest BCUT2D eigenvalue weighted by molar-refractivity contribution is -0.130. The van der Waals surface area contributed by atoms with Crippen LogP contribution in [0.1, 0.15) is 37.6 Å². The first-order chi connectivity index (χ1) is 9.41. The molecule has 1 aromatic rings. The molecule has 0 aromatic heterocycles. The number of rotatable bonds is 6. The van der Waals surface area contributed by atoms with Crippen LogP contribution in [0.25, 0.3) is 0 Å². The highest BCUT2D eigenvalue weighted by Gasteiger charge is 2.17. The fourth-order valence-electron chi connectivity index (χ4n) is 2.06. The van der Waals surface area contributed by atoms with E-state index in [-0.39, 0.29) is 24.4 Å². The van der Waals surface area contributed by atoms with E-state index in [1.54, 1.807) is 36.2 Å². The third kappa shape index (κ3) is 5.03. The molecule has 1 rings (SSSR count). The summed E-state index contributed by atoms with van der Waals surface area (Å²) in [7, 11) is 1.78. The van der Waals surface area contributed by atoms with Crippen molar-refractivity contribution >= 4 is 11.8 Å². The van der Waals surface area contributed by atoms with E-state index >= 15 is 0 Å². The van der Waals surface area contributed by atoms with Crippen LogP contribution < -0.4 is 5.32 Å². The van der Waals surface area contributed by atoms with Crippen LogP contribution in [0.2, 0.25) is 0 Å². The molecule has 0 radical (unpaired) electrons. The van der Waals surface area contributed by atoms with Gasteiger partial charge in [-0.25, -0.2) is 0 Å². The maximum absolute atomic E-state index is 12.0. The molecule has 0 aliphatic carbocycles. The topological polar surface area (TPSA) is 49.4 Å². The van der Waals surface area contributed by atoms with Crippen molar-refractivity contribution in [3.05, 3.63) is 35.9 Å². The molecule has 0 fully saturated rings. The van der Waals surface area contributed by atoms with Gasteiger partial charge in [0.15, 0.2) is 0 Å². The Morgan fingerprint density at radius 2 is 1.75 bits per heavy atom. The fraction of sp³-hybridized carbons (Fsp3) is 0.500. The van der Waals surface area contributed by atoms with E-state index in [9.17, 15) is 9.59 Å². The third-order valence-electron chi connectivity index (χ3n) is 3.30. The second-order valence-electron chi connectivity index (χ2n) is 5.53. The molecule has 0 saturated carbocycles. The van der Waals surface area contributed by atoms with E-state index in [2.05, 4.69) is 19.2 Å². The lowest BCUT2D eigenvalue weighted by atomic mass is 10.0. The van der Waals surface area contributed by atoms with Crippen LogP contribution in [0.15, 0.2) is 30.3 Å². The Bertz CT molecular complexity index is 443. The van der Waals surface area contributed by atoms with Crippen LogP contribution in [0.4, 0.5) is 0 Å². The molecule has 0 bridgehead atoms. The van der Waals surface area contributed by atoms with Gasteiger partial charge in [-0.15, -0.1) is 0 Å². The minimum absolute atomic E-state index is 0.0344. The molecule has 1 atom stereocenters. The molecule has 0 saturated heterocycles. The van der Waals surface area contributed by atoms with Crippen LogP contribution in [0.5, 0.6) is 0 Å². The highest BCUT2D eigenvalue weighted by Crippen LogP contribution is 2.09. The number of hydrogen-bond acceptors (Lipinski definition) is 2. The number of hydrogen-bond donors (Lipinski definition) is 1. The van der Waals surface area contributed by atoms with Gasteiger partial charge in [-0.2, -0.15) is 0 Å². The maximum atomic E-state index is 12.0. The summed E-state index contributed by atoms with van der Waals surface area (Å²) in [5.41, 5.74) is 0.568. The van der Waals surface area contributed by atoms with Gasteiger partial charge in [0.25, 0.3) is 5.91 Å². The number of amides is 2. The number of nitrogens with zero attached hydrogens (tertiary/aromatic N) is 1. The first-order valence-electron chi connectivity index (χ1n) is 7.00. The van der Waals surface area contributed by atoms with E-state index in [0.29, 0.717) is 11.5 Å². The Kier molecular flexibility index (Phi) is 6.22. The second kappa shape index (κ2) is 7.68. The van der Waals surface area contributed by atoms with Crippen LogP contribution in [0.3, 0.4) is 0 Å². The summed E-state index contributed by atoms with van der Waals surface area (Å²) in [6.07, 6.45) is 0.953. The average molecular weight is 276 g/mol. The molecule has 1 unspecified atom stereocenters. The van der Waals surface area contributed by atoms with Gasteiger partial charge in [0.1, 0.15) is 0 Å². The predicted molar refractivity (Wildman–Crippen MR) is 80.5 cm³/mol. The SMILES string of the molecule is CC(C)CC(C)N(C)C(=O)CNC(=O)c1ccccc1. The molecule has 110 valence electrons. The Balaban J connectivity index is 2.45. The Morgan fingerprint density at radius 1 is 1.15 bits per heavy atom. The van der Waals surface area contributed by atoms with Crippen molar-refractivity contribution < 1.29 is 9.59 Å². The molecular formula is C16H24N2O2. The van der Waals surface area contributed by atoms with Gasteiger partial charge in [0, 0.05) is 18.7 Å². The van der Waals surface area contributed by atoms with Gasteiger partial charge in [-0.1, -0.05) is 32.0 Å². The highest BCUT2D eigenvalue weighted by molar-refractivity contribution is 5.96. The monoisotopic (exact) mass is 276 g/mol. The van der Waals surface area contributed by atoms with E-state index in [1.165, 1.54) is 0 Å². The summed E-state index contributed by atoms with van der Waals surface area (Å²) in [5.74, 6) is 0.255. The summed E-state index contributed by atoms with van der Waals surface area (Å²) in [5, 5.41) is 2.66. The summed E-state index contributed by atoms with van der Waals surface area (Å²) in [6.45, 7) is 6.32. The number of likely N-dealkylation sites (N-methyl/N-ethyl adjacent to an activating group) is 1. The van der Waals surface area contributed by atoms with E-state index in [0.717, 1.165) is 6.42 Å². The number of carbonyl (C=O) groups excluding carboxylic acids is 2. The lowest BCUT2D eigenvalue weighted by Gasteiger charge is -2.26. The van der Waals surface area contributed by atoms with Crippen molar-refractivity contribution in [3.8, 4) is 0 Å². The van der Waals surface area contributed by atoms with E-state index in [1.807, 2.05) is 13.0 Å². The zero-order chi connectivity index (χ0) is 15.1. The van der Waals surface area contributed by atoms with Crippen LogP contribution >= 0.6 is 0 Å². The Morgan fingerprint density at radius 3 is 2.30 bits per heavy atom. The van der Waals surface area contributed by atoms with Crippen molar-refractivity contribution in [2.24, 2.45) is 5.92 Å². The average Bonchev–Trinajstić information content (AvgIpc) is 2.43. The zero-order valence-corrected chi connectivity index (χ0v) is 12.7. The summed E-state index contributed by atoms with van der Waals surface area (Å²) in [6, 6.07) is 9.08. The van der Waals surface area contributed by atoms with Crippen LogP contribution in [-0.4, -0.2) is 36.3 Å². The van der Waals surface area contributed by atoms with Crippen molar-refractivity contribution in [2.45, 2.75) is 33.2 Å². The van der Waals surface area contributed by atoms with Gasteiger partial charge in [0.2, 0.25) is 5.91 Å².